The fourth-order valence-electron chi connectivity index (χ4n) is 2.54. The fraction of sp³-hybridized carbons (Fsp3) is 0.111. The van der Waals surface area contributed by atoms with Gasteiger partial charge in [-0.15, -0.1) is 0 Å². The molecular formula is C18H14FN5O2. The lowest BCUT2D eigenvalue weighted by molar-refractivity contribution is 0.194. The normalized spacial score (nSPS) is 10.3. The van der Waals surface area contributed by atoms with Gasteiger partial charge in [-0.3, -0.25) is 4.98 Å². The molecule has 0 aliphatic heterocycles. The first kappa shape index (κ1) is 17.1. The number of aromatic nitrogens is 3. The second kappa shape index (κ2) is 7.44. The molecule has 0 atom stereocenters. The number of imidazole rings is 1. The van der Waals surface area contributed by atoms with Crippen LogP contribution in [0.1, 0.15) is 5.56 Å². The van der Waals surface area contributed by atoms with Crippen LogP contribution in [0.3, 0.4) is 0 Å². The van der Waals surface area contributed by atoms with Crippen molar-refractivity contribution in [2.45, 2.75) is 13.1 Å². The van der Waals surface area contributed by atoms with Crippen molar-refractivity contribution >= 4 is 6.09 Å². The van der Waals surface area contributed by atoms with Crippen molar-refractivity contribution in [2.24, 2.45) is 0 Å². The van der Waals surface area contributed by atoms with E-state index in [9.17, 15) is 9.18 Å². The van der Waals surface area contributed by atoms with E-state index < -0.39 is 6.09 Å². The van der Waals surface area contributed by atoms with Crippen molar-refractivity contribution in [3.8, 4) is 28.7 Å². The second-order valence-corrected chi connectivity index (χ2v) is 5.43. The molecule has 0 aliphatic rings. The summed E-state index contributed by atoms with van der Waals surface area (Å²) >= 11 is 0. The molecule has 0 radical (unpaired) electrons. The number of hydrogen-bond acceptors (Lipinski definition) is 4. The van der Waals surface area contributed by atoms with E-state index in [0.717, 1.165) is 0 Å². The van der Waals surface area contributed by atoms with E-state index in [1.54, 1.807) is 41.4 Å². The maximum atomic E-state index is 13.2. The summed E-state index contributed by atoms with van der Waals surface area (Å²) in [5.74, 6) is 0.181. The van der Waals surface area contributed by atoms with Crippen LogP contribution in [0.25, 0.3) is 22.6 Å². The maximum absolute atomic E-state index is 13.2. The second-order valence-electron chi connectivity index (χ2n) is 5.43. The lowest BCUT2D eigenvalue weighted by atomic mass is 10.0. The molecule has 0 unspecified atom stereocenters. The zero-order valence-electron chi connectivity index (χ0n) is 13.6. The molecule has 2 aromatic heterocycles. The Labute approximate surface area is 148 Å². The fourth-order valence-corrected chi connectivity index (χ4v) is 2.54. The van der Waals surface area contributed by atoms with Gasteiger partial charge in [0, 0.05) is 41.8 Å². The van der Waals surface area contributed by atoms with Gasteiger partial charge in [0.15, 0.2) is 0 Å². The maximum Gasteiger partial charge on any atom is 0.404 e. The van der Waals surface area contributed by atoms with Crippen LogP contribution in [0.5, 0.6) is 0 Å². The molecule has 8 heteroatoms. The zero-order valence-corrected chi connectivity index (χ0v) is 13.6. The van der Waals surface area contributed by atoms with Crippen LogP contribution in [-0.4, -0.2) is 25.7 Å². The molecule has 2 heterocycles. The number of nitriles is 1. The van der Waals surface area contributed by atoms with Gasteiger partial charge < -0.3 is 15.0 Å². The molecule has 7 nitrogen and oxygen atoms in total. The average molecular weight is 351 g/mol. The van der Waals surface area contributed by atoms with Crippen LogP contribution < -0.4 is 5.32 Å². The van der Waals surface area contributed by atoms with E-state index in [1.807, 2.05) is 0 Å². The summed E-state index contributed by atoms with van der Waals surface area (Å²) in [4.78, 5) is 19.5. The summed E-state index contributed by atoms with van der Waals surface area (Å²) < 4.78 is 14.8. The highest BCUT2D eigenvalue weighted by atomic mass is 19.1. The molecule has 0 aliphatic carbocycles. The SMILES string of the molecule is N#CCn1ccnc1-c1cc(-c2ccc(F)cc2)ncc1CNC(=O)O. The van der Waals surface area contributed by atoms with Gasteiger partial charge in [0.2, 0.25) is 0 Å². The number of hydrogen-bond donors (Lipinski definition) is 2. The van der Waals surface area contributed by atoms with Gasteiger partial charge in [-0.05, 0) is 30.3 Å². The van der Waals surface area contributed by atoms with Crippen LogP contribution in [0.15, 0.2) is 48.9 Å². The van der Waals surface area contributed by atoms with Crippen molar-refractivity contribution in [3.05, 3.63) is 60.3 Å². The van der Waals surface area contributed by atoms with E-state index in [4.69, 9.17) is 10.4 Å². The monoisotopic (exact) mass is 351 g/mol. The Hall–Kier alpha value is -3.73. The molecule has 130 valence electrons. The van der Waals surface area contributed by atoms with Gasteiger partial charge in [0.1, 0.15) is 18.2 Å². The summed E-state index contributed by atoms with van der Waals surface area (Å²) in [6.45, 7) is 0.149. The highest BCUT2D eigenvalue weighted by molar-refractivity contribution is 5.70. The minimum absolute atomic E-state index is 0.0424. The largest absolute Gasteiger partial charge is 0.465 e. The van der Waals surface area contributed by atoms with Gasteiger partial charge in [-0.25, -0.2) is 14.2 Å². The molecule has 3 rings (SSSR count). The van der Waals surface area contributed by atoms with Gasteiger partial charge in [0.05, 0.1) is 11.8 Å². The molecule has 1 amide bonds. The standard InChI is InChI=1S/C18H14FN5O2/c19-14-3-1-12(2-4-14)16-9-15(13(10-22-16)11-23-18(25)26)17-21-6-8-24(17)7-5-20/h1-4,6,8-10,23H,7,11H2,(H,25,26). The van der Waals surface area contributed by atoms with Crippen LogP contribution >= 0.6 is 0 Å². The van der Waals surface area contributed by atoms with E-state index in [2.05, 4.69) is 21.4 Å². The Bertz CT molecular complexity index is 976. The zero-order chi connectivity index (χ0) is 18.5. The van der Waals surface area contributed by atoms with Crippen molar-refractivity contribution in [1.29, 1.82) is 5.26 Å². The predicted octanol–water partition coefficient (Wildman–Crippen LogP) is 3.04. The van der Waals surface area contributed by atoms with E-state index >= 15 is 0 Å². The molecule has 0 bridgehead atoms. The Morgan fingerprint density at radius 3 is 2.77 bits per heavy atom. The third-order valence-electron chi connectivity index (χ3n) is 3.75. The molecule has 0 spiro atoms. The smallest absolute Gasteiger partial charge is 0.404 e. The molecule has 26 heavy (non-hydrogen) atoms. The molecular weight excluding hydrogens is 337 g/mol. The van der Waals surface area contributed by atoms with Gasteiger partial charge in [0.25, 0.3) is 0 Å². The Morgan fingerprint density at radius 2 is 2.08 bits per heavy atom. The highest BCUT2D eigenvalue weighted by Gasteiger charge is 2.14. The van der Waals surface area contributed by atoms with Gasteiger partial charge in [-0.2, -0.15) is 5.26 Å². The highest BCUT2D eigenvalue weighted by Crippen LogP contribution is 2.27. The van der Waals surface area contributed by atoms with Gasteiger partial charge in [-0.1, -0.05) is 0 Å². The third kappa shape index (κ3) is 3.67. The number of carbonyl (C=O) groups is 1. The molecule has 2 N–H and O–H groups in total. The quantitative estimate of drug-likeness (QED) is 0.735. The predicted molar refractivity (Wildman–Crippen MR) is 91.3 cm³/mol. The number of pyridine rings is 1. The molecule has 3 aromatic rings. The Balaban J connectivity index is 2.09. The van der Waals surface area contributed by atoms with E-state index in [-0.39, 0.29) is 18.9 Å². The number of benzene rings is 1. The van der Waals surface area contributed by atoms with Crippen molar-refractivity contribution in [1.82, 2.24) is 19.9 Å². The summed E-state index contributed by atoms with van der Waals surface area (Å²) in [7, 11) is 0. The minimum Gasteiger partial charge on any atom is -0.465 e. The van der Waals surface area contributed by atoms with Crippen LogP contribution in [0, 0.1) is 17.1 Å². The number of carboxylic acid groups (broad SMARTS) is 1. The van der Waals surface area contributed by atoms with Crippen molar-refractivity contribution < 1.29 is 14.3 Å². The Morgan fingerprint density at radius 1 is 1.31 bits per heavy atom. The third-order valence-corrected chi connectivity index (χ3v) is 3.75. The first-order valence-electron chi connectivity index (χ1n) is 7.68. The minimum atomic E-state index is -1.15. The van der Waals surface area contributed by atoms with Crippen LogP contribution in [0.2, 0.25) is 0 Å². The Kier molecular flexibility index (Phi) is 4.90. The van der Waals surface area contributed by atoms with Crippen LogP contribution in [0.4, 0.5) is 9.18 Å². The summed E-state index contributed by atoms with van der Waals surface area (Å²) in [5.41, 5.74) is 2.56. The first-order chi connectivity index (χ1) is 12.6. The summed E-state index contributed by atoms with van der Waals surface area (Å²) in [5, 5.41) is 20.1. The number of halogens is 1. The molecule has 0 fully saturated rings. The number of amides is 1. The van der Waals surface area contributed by atoms with Gasteiger partial charge >= 0.3 is 6.09 Å². The van der Waals surface area contributed by atoms with Crippen molar-refractivity contribution in [2.75, 3.05) is 0 Å². The number of nitrogens with one attached hydrogen (secondary N) is 1. The summed E-state index contributed by atoms with van der Waals surface area (Å²) in [6.07, 6.45) is 3.64. The summed E-state index contributed by atoms with van der Waals surface area (Å²) in [6, 6.07) is 9.71. The number of rotatable bonds is 5. The molecule has 1 aromatic carbocycles. The topological polar surface area (TPSA) is 104 Å². The number of nitrogens with zero attached hydrogens (tertiary/aromatic N) is 4. The lowest BCUT2D eigenvalue weighted by Gasteiger charge is -2.12. The molecule has 0 saturated heterocycles. The average Bonchev–Trinajstić information content (AvgIpc) is 3.09. The first-order valence-corrected chi connectivity index (χ1v) is 7.68. The van der Waals surface area contributed by atoms with Crippen LogP contribution in [-0.2, 0) is 13.1 Å². The van der Waals surface area contributed by atoms with E-state index in [1.165, 1.54) is 12.1 Å². The van der Waals surface area contributed by atoms with Crippen molar-refractivity contribution in [3.63, 3.8) is 0 Å². The lowest BCUT2D eigenvalue weighted by Crippen LogP contribution is -2.20. The van der Waals surface area contributed by atoms with E-state index in [0.29, 0.717) is 28.2 Å². The molecule has 0 saturated carbocycles.